The third kappa shape index (κ3) is 3.96. The second kappa shape index (κ2) is 8.78. The quantitative estimate of drug-likeness (QED) is 0.587. The molecule has 0 amide bonds. The summed E-state index contributed by atoms with van der Waals surface area (Å²) in [6, 6.07) is 4.41. The molecule has 0 unspecified atom stereocenters. The first-order valence-electron chi connectivity index (χ1n) is 11.6. The molecule has 0 aliphatic heterocycles. The number of allylic oxidation sites excluding steroid dienone is 6. The van der Waals surface area contributed by atoms with Crippen LogP contribution in [0.4, 0.5) is 0 Å². The Hall–Kier alpha value is -2.75. The fraction of sp³-hybridized carbons (Fsp3) is 0.444. The van der Waals surface area contributed by atoms with Crippen LogP contribution >= 0.6 is 0 Å². The Morgan fingerprint density at radius 3 is 2.52 bits per heavy atom. The largest absolute Gasteiger partial charge is 0.300 e. The molecule has 0 radical (unpaired) electrons. The van der Waals surface area contributed by atoms with E-state index in [1.54, 1.807) is 0 Å². The van der Waals surface area contributed by atoms with Crippen LogP contribution in [0.5, 0.6) is 0 Å². The number of pyridine rings is 1. The normalized spacial score (nSPS) is 18.8. The molecule has 31 heavy (non-hydrogen) atoms. The molecule has 2 heterocycles. The number of nitrogens with one attached hydrogen (secondary N) is 1. The average molecular weight is 415 g/mol. The molecule has 0 saturated heterocycles. The van der Waals surface area contributed by atoms with Crippen LogP contribution in [-0.2, 0) is 0 Å². The van der Waals surface area contributed by atoms with Gasteiger partial charge in [0.2, 0.25) is 0 Å². The molecule has 162 valence electrons. The summed E-state index contributed by atoms with van der Waals surface area (Å²) in [5, 5.41) is 13.4. The number of aromatic nitrogens is 3. The van der Waals surface area contributed by atoms with Crippen molar-refractivity contribution in [1.29, 1.82) is 5.41 Å². The lowest BCUT2D eigenvalue weighted by atomic mass is 9.86. The Labute approximate surface area is 186 Å². The van der Waals surface area contributed by atoms with Crippen LogP contribution in [-0.4, -0.2) is 20.5 Å². The predicted molar refractivity (Wildman–Crippen MR) is 129 cm³/mol. The molecule has 2 aromatic rings. The van der Waals surface area contributed by atoms with Crippen LogP contribution in [0.3, 0.4) is 0 Å². The Kier molecular flexibility index (Phi) is 6.08. The zero-order valence-electron chi connectivity index (χ0n) is 19.5. The molecule has 4 heteroatoms. The van der Waals surface area contributed by atoms with Crippen LogP contribution in [0.25, 0.3) is 11.3 Å². The molecule has 1 saturated carbocycles. The maximum atomic E-state index is 8.34. The van der Waals surface area contributed by atoms with Crippen LogP contribution in [0.1, 0.15) is 93.1 Å². The van der Waals surface area contributed by atoms with Crippen LogP contribution in [0.15, 0.2) is 42.0 Å². The van der Waals surface area contributed by atoms with E-state index in [1.807, 2.05) is 25.2 Å². The molecular formula is C27H34N4. The van der Waals surface area contributed by atoms with Crippen LogP contribution < -0.4 is 0 Å². The third-order valence-corrected chi connectivity index (χ3v) is 6.72. The monoisotopic (exact) mass is 414 g/mol. The molecule has 1 N–H and O–H groups in total. The highest BCUT2D eigenvalue weighted by atomic mass is 15.3. The maximum Gasteiger partial charge on any atom is 0.0971 e. The highest BCUT2D eigenvalue weighted by Crippen LogP contribution is 2.36. The Bertz CT molecular complexity index is 1090. The lowest BCUT2D eigenvalue weighted by molar-refractivity contribution is 0.436. The third-order valence-electron chi connectivity index (χ3n) is 6.72. The predicted octanol–water partition coefficient (Wildman–Crippen LogP) is 6.97. The van der Waals surface area contributed by atoms with Gasteiger partial charge in [0, 0.05) is 34.0 Å². The van der Waals surface area contributed by atoms with Gasteiger partial charge in [-0.25, -0.2) is 4.68 Å². The van der Waals surface area contributed by atoms with Crippen molar-refractivity contribution < 1.29 is 0 Å². The van der Waals surface area contributed by atoms with E-state index in [2.05, 4.69) is 50.6 Å². The van der Waals surface area contributed by atoms with Gasteiger partial charge in [0.15, 0.2) is 0 Å². The first-order chi connectivity index (χ1) is 14.9. The minimum atomic E-state index is 0.331. The summed E-state index contributed by atoms with van der Waals surface area (Å²) in [6.45, 7) is 10.7. The molecule has 0 spiro atoms. The number of aryl methyl sites for hydroxylation is 1. The van der Waals surface area contributed by atoms with Gasteiger partial charge in [-0.15, -0.1) is 0 Å². The van der Waals surface area contributed by atoms with Gasteiger partial charge in [-0.1, -0.05) is 51.3 Å². The lowest BCUT2D eigenvalue weighted by Crippen LogP contribution is -2.10. The first kappa shape index (κ1) is 21.5. The first-order valence-corrected chi connectivity index (χ1v) is 11.6. The van der Waals surface area contributed by atoms with Gasteiger partial charge in [0.05, 0.1) is 22.8 Å². The molecule has 1 fully saturated rings. The Balaban J connectivity index is 1.80. The summed E-state index contributed by atoms with van der Waals surface area (Å²) >= 11 is 0. The van der Waals surface area contributed by atoms with E-state index in [0.717, 1.165) is 33.9 Å². The zero-order valence-corrected chi connectivity index (χ0v) is 19.5. The second-order valence-corrected chi connectivity index (χ2v) is 9.15. The summed E-state index contributed by atoms with van der Waals surface area (Å²) in [6.07, 6.45) is 14.4. The van der Waals surface area contributed by atoms with Crippen molar-refractivity contribution in [3.63, 3.8) is 0 Å². The number of hydrogen-bond acceptors (Lipinski definition) is 3. The highest BCUT2D eigenvalue weighted by molar-refractivity contribution is 6.19. The molecule has 4 rings (SSSR count). The van der Waals surface area contributed by atoms with E-state index in [1.165, 1.54) is 43.4 Å². The van der Waals surface area contributed by atoms with E-state index in [4.69, 9.17) is 15.5 Å². The van der Waals surface area contributed by atoms with Gasteiger partial charge in [-0.3, -0.25) is 4.98 Å². The van der Waals surface area contributed by atoms with Crippen LogP contribution in [0.2, 0.25) is 0 Å². The SMILES string of the molecule is C/C=C1\C(=N)C=CC=C1c1nn(-c2ccc(C3CCCCC3)nc2C)c(C)c1C(C)C. The van der Waals surface area contributed by atoms with Crippen molar-refractivity contribution in [2.45, 2.75) is 78.6 Å². The standard InChI is InChI=1S/C27H34N4/c1-6-21-22(13-10-14-23(21)28)27-26(17(2)3)19(5)31(30-27)25-16-15-24(29-18(25)4)20-11-8-7-9-12-20/h6,10,13-17,20,28H,7-9,11-12H2,1-5H3/b21-6-,28-23?. The van der Waals surface area contributed by atoms with E-state index >= 15 is 0 Å². The maximum absolute atomic E-state index is 8.34. The van der Waals surface area contributed by atoms with Gasteiger partial charge in [0.1, 0.15) is 0 Å². The van der Waals surface area contributed by atoms with Crippen molar-refractivity contribution in [2.75, 3.05) is 0 Å². The van der Waals surface area contributed by atoms with E-state index in [9.17, 15) is 0 Å². The van der Waals surface area contributed by atoms with E-state index in [-0.39, 0.29) is 0 Å². The summed E-state index contributed by atoms with van der Waals surface area (Å²) in [5.41, 5.74) is 9.20. The molecule has 2 aliphatic rings. The highest BCUT2D eigenvalue weighted by Gasteiger charge is 2.25. The van der Waals surface area contributed by atoms with Gasteiger partial charge in [0.25, 0.3) is 0 Å². The molecule has 2 aromatic heterocycles. The average Bonchev–Trinajstić information content (AvgIpc) is 3.11. The summed E-state index contributed by atoms with van der Waals surface area (Å²) in [4.78, 5) is 5.02. The summed E-state index contributed by atoms with van der Waals surface area (Å²) < 4.78 is 2.06. The fourth-order valence-electron chi connectivity index (χ4n) is 5.14. The number of rotatable bonds is 4. The molecule has 4 nitrogen and oxygen atoms in total. The summed E-state index contributed by atoms with van der Waals surface area (Å²) in [5.74, 6) is 0.932. The summed E-state index contributed by atoms with van der Waals surface area (Å²) in [7, 11) is 0. The number of nitrogens with zero attached hydrogens (tertiary/aromatic N) is 3. The smallest absolute Gasteiger partial charge is 0.0971 e. The van der Waals surface area contributed by atoms with Crippen molar-refractivity contribution in [1.82, 2.24) is 14.8 Å². The molecule has 0 bridgehead atoms. The zero-order chi connectivity index (χ0) is 22.1. The van der Waals surface area contributed by atoms with E-state index < -0.39 is 0 Å². The second-order valence-electron chi connectivity index (χ2n) is 9.15. The lowest BCUT2D eigenvalue weighted by Gasteiger charge is -2.22. The van der Waals surface area contributed by atoms with Gasteiger partial charge in [-0.05, 0) is 57.7 Å². The fourth-order valence-corrected chi connectivity index (χ4v) is 5.14. The van der Waals surface area contributed by atoms with Crippen molar-refractivity contribution in [3.05, 3.63) is 70.3 Å². The van der Waals surface area contributed by atoms with Crippen LogP contribution in [0, 0.1) is 19.3 Å². The van der Waals surface area contributed by atoms with Gasteiger partial charge in [-0.2, -0.15) is 5.10 Å². The van der Waals surface area contributed by atoms with E-state index in [0.29, 0.717) is 17.5 Å². The molecular weight excluding hydrogens is 380 g/mol. The molecule has 0 aromatic carbocycles. The van der Waals surface area contributed by atoms with Crippen molar-refractivity contribution in [2.24, 2.45) is 0 Å². The molecule has 0 atom stereocenters. The minimum Gasteiger partial charge on any atom is -0.300 e. The van der Waals surface area contributed by atoms with Gasteiger partial charge < -0.3 is 5.41 Å². The molecule has 2 aliphatic carbocycles. The topological polar surface area (TPSA) is 54.6 Å². The Morgan fingerprint density at radius 2 is 1.87 bits per heavy atom. The van der Waals surface area contributed by atoms with Crippen molar-refractivity contribution >= 4 is 11.3 Å². The Morgan fingerprint density at radius 1 is 1.13 bits per heavy atom. The van der Waals surface area contributed by atoms with Gasteiger partial charge >= 0.3 is 0 Å². The minimum absolute atomic E-state index is 0.331. The van der Waals surface area contributed by atoms with Crippen molar-refractivity contribution in [3.8, 4) is 5.69 Å². The number of hydrogen-bond donors (Lipinski definition) is 1.